The third-order valence-corrected chi connectivity index (χ3v) is 14.0. The summed E-state index contributed by atoms with van der Waals surface area (Å²) >= 11 is 1.56. The number of hydrogen-bond donors (Lipinski definition) is 4. The van der Waals surface area contributed by atoms with Gasteiger partial charge in [0, 0.05) is 48.6 Å². The van der Waals surface area contributed by atoms with E-state index >= 15 is 0 Å². The summed E-state index contributed by atoms with van der Waals surface area (Å²) in [6, 6.07) is 17.1. The SMILES string of the molecule is Cc1ncsc1-c1ccc(CNC(=O)C2CC(O)CN2C(=O)C(NC(=O)COCCCCCOc2ccc(C(=O)NC3C(C)(C)C(Oc4ccc(C#N)c(C(F)(F)F)c4)C3(C)C)cc2)C(C)(C)C)cc1. The number of thiazole rings is 1. The minimum absolute atomic E-state index is 0.00936. The Hall–Kier alpha value is -6.03. The highest BCUT2D eigenvalue weighted by molar-refractivity contribution is 7.13. The highest BCUT2D eigenvalue weighted by atomic mass is 32.1. The molecule has 2 aliphatic rings. The first-order chi connectivity index (χ1) is 32.9. The maximum atomic E-state index is 14.0. The summed E-state index contributed by atoms with van der Waals surface area (Å²) in [4.78, 5) is 60.5. The van der Waals surface area contributed by atoms with E-state index in [1.54, 1.807) is 47.2 Å². The van der Waals surface area contributed by atoms with Crippen molar-refractivity contribution < 1.29 is 51.7 Å². The molecule has 1 aliphatic carbocycles. The maximum Gasteiger partial charge on any atom is 0.417 e. The molecule has 1 saturated heterocycles. The van der Waals surface area contributed by atoms with E-state index in [0.29, 0.717) is 37.4 Å². The summed E-state index contributed by atoms with van der Waals surface area (Å²) < 4.78 is 58.4. The van der Waals surface area contributed by atoms with Crippen LogP contribution in [0.4, 0.5) is 13.2 Å². The number of benzene rings is 3. The van der Waals surface area contributed by atoms with Crippen molar-refractivity contribution in [3.05, 3.63) is 100 Å². The third kappa shape index (κ3) is 12.6. The van der Waals surface area contributed by atoms with Crippen LogP contribution in [-0.4, -0.2) is 95.3 Å². The lowest BCUT2D eigenvalue weighted by Gasteiger charge is -2.63. The van der Waals surface area contributed by atoms with Crippen LogP contribution in [0, 0.1) is 34.5 Å². The largest absolute Gasteiger partial charge is 0.494 e. The average Bonchev–Trinajstić information content (AvgIpc) is 3.93. The number of carbonyl (C=O) groups is 4. The number of likely N-dealkylation sites (tertiary alicyclic amines) is 1. The van der Waals surface area contributed by atoms with E-state index in [0.717, 1.165) is 40.3 Å². The second-order valence-electron chi connectivity index (χ2n) is 20.3. The number of carbonyl (C=O) groups excluding carboxylic acids is 4. The Kier molecular flexibility index (Phi) is 16.7. The van der Waals surface area contributed by atoms with Crippen molar-refractivity contribution in [3.8, 4) is 28.0 Å². The Balaban J connectivity index is 0.885. The molecule has 0 bridgehead atoms. The molecule has 3 atom stereocenters. The lowest BCUT2D eigenvalue weighted by Crippen LogP contribution is -2.74. The van der Waals surface area contributed by atoms with Crippen LogP contribution >= 0.6 is 11.3 Å². The van der Waals surface area contributed by atoms with Crippen LogP contribution in [0.2, 0.25) is 0 Å². The summed E-state index contributed by atoms with van der Waals surface area (Å²) in [5, 5.41) is 28.5. The number of aryl methyl sites for hydroxylation is 1. The molecule has 0 radical (unpaired) electrons. The van der Waals surface area contributed by atoms with Crippen LogP contribution in [0.25, 0.3) is 10.4 Å². The smallest absolute Gasteiger partial charge is 0.417 e. The fourth-order valence-corrected chi connectivity index (χ4v) is 10.4. The van der Waals surface area contributed by atoms with Crippen molar-refractivity contribution in [2.45, 2.75) is 124 Å². The molecule has 376 valence electrons. The van der Waals surface area contributed by atoms with Crippen LogP contribution in [-0.2, 0) is 31.8 Å². The summed E-state index contributed by atoms with van der Waals surface area (Å²) in [7, 11) is 0. The van der Waals surface area contributed by atoms with Gasteiger partial charge >= 0.3 is 6.18 Å². The van der Waals surface area contributed by atoms with E-state index in [4.69, 9.17) is 19.5 Å². The Morgan fingerprint density at radius 2 is 1.60 bits per heavy atom. The van der Waals surface area contributed by atoms with Gasteiger partial charge in [-0.05, 0) is 85.2 Å². The normalized spacial score (nSPS) is 19.8. The number of aromatic nitrogens is 1. The van der Waals surface area contributed by atoms with Crippen LogP contribution in [0.1, 0.15) is 107 Å². The lowest BCUT2D eigenvalue weighted by molar-refractivity contribution is -0.164. The summed E-state index contributed by atoms with van der Waals surface area (Å²) in [5.74, 6) is -1.07. The molecule has 70 heavy (non-hydrogen) atoms. The molecule has 1 aliphatic heterocycles. The van der Waals surface area contributed by atoms with Crippen molar-refractivity contribution >= 4 is 35.0 Å². The molecule has 6 rings (SSSR count). The van der Waals surface area contributed by atoms with Crippen LogP contribution < -0.4 is 25.4 Å². The van der Waals surface area contributed by atoms with Crippen LogP contribution in [0.3, 0.4) is 0 Å². The quantitative estimate of drug-likeness (QED) is 0.0670. The number of unbranched alkanes of at least 4 members (excludes halogenated alkanes) is 2. The van der Waals surface area contributed by atoms with Gasteiger partial charge in [0.15, 0.2) is 0 Å². The molecule has 14 nitrogen and oxygen atoms in total. The van der Waals surface area contributed by atoms with E-state index < -0.39 is 69.7 Å². The zero-order valence-corrected chi connectivity index (χ0v) is 41.7. The predicted octanol–water partition coefficient (Wildman–Crippen LogP) is 8.00. The number of alkyl halides is 3. The van der Waals surface area contributed by atoms with Gasteiger partial charge in [0.1, 0.15) is 36.3 Å². The molecular formula is C52H63F3N6O8S. The maximum absolute atomic E-state index is 14.0. The number of rotatable bonds is 19. The Labute approximate surface area is 411 Å². The number of aliphatic hydroxyl groups is 1. The minimum Gasteiger partial charge on any atom is -0.494 e. The second-order valence-corrected chi connectivity index (χ2v) is 21.1. The molecule has 4 amide bonds. The van der Waals surface area contributed by atoms with E-state index in [2.05, 4.69) is 20.9 Å². The first kappa shape index (κ1) is 53.3. The first-order valence-corrected chi connectivity index (χ1v) is 24.2. The topological polar surface area (TPSA) is 192 Å². The fourth-order valence-electron chi connectivity index (χ4n) is 9.60. The number of aliphatic hydroxyl groups excluding tert-OH is 1. The summed E-state index contributed by atoms with van der Waals surface area (Å²) in [6.45, 7) is 15.6. The van der Waals surface area contributed by atoms with Gasteiger partial charge in [-0.1, -0.05) is 72.7 Å². The molecule has 4 N–H and O–H groups in total. The third-order valence-electron chi connectivity index (χ3n) is 13.0. The number of nitrogens with one attached hydrogen (secondary N) is 3. The monoisotopic (exact) mass is 988 g/mol. The number of ether oxygens (including phenoxy) is 3. The number of nitrogens with zero attached hydrogens (tertiary/aromatic N) is 3. The second kappa shape index (κ2) is 21.9. The van der Waals surface area contributed by atoms with Gasteiger partial charge in [-0.25, -0.2) is 4.98 Å². The van der Waals surface area contributed by atoms with Crippen LogP contribution in [0.5, 0.6) is 11.5 Å². The zero-order valence-electron chi connectivity index (χ0n) is 40.9. The number of hydrogen-bond acceptors (Lipinski definition) is 11. The molecule has 0 spiro atoms. The van der Waals surface area contributed by atoms with Crippen molar-refractivity contribution in [2.75, 3.05) is 26.4 Å². The van der Waals surface area contributed by atoms with Gasteiger partial charge in [-0.3, -0.25) is 19.2 Å². The Bertz CT molecular complexity index is 2520. The van der Waals surface area contributed by atoms with E-state index in [1.807, 2.05) is 79.7 Å². The molecule has 4 aromatic rings. The molecule has 1 aromatic heterocycles. The van der Waals surface area contributed by atoms with Gasteiger partial charge in [-0.15, -0.1) is 11.3 Å². The van der Waals surface area contributed by atoms with Gasteiger partial charge < -0.3 is 40.2 Å². The zero-order chi connectivity index (χ0) is 51.2. The van der Waals surface area contributed by atoms with E-state index in [1.165, 1.54) is 11.0 Å². The van der Waals surface area contributed by atoms with Crippen molar-refractivity contribution in [3.63, 3.8) is 0 Å². The highest BCUT2D eigenvalue weighted by Gasteiger charge is 2.64. The van der Waals surface area contributed by atoms with E-state index in [9.17, 15) is 37.5 Å². The molecule has 3 unspecified atom stereocenters. The average molecular weight is 989 g/mol. The summed E-state index contributed by atoms with van der Waals surface area (Å²) in [5.41, 5.74) is 1.51. The molecule has 18 heteroatoms. The molecule has 2 fully saturated rings. The van der Waals surface area contributed by atoms with Crippen LogP contribution in [0.15, 0.2) is 72.2 Å². The van der Waals surface area contributed by atoms with Crippen molar-refractivity contribution in [1.29, 1.82) is 5.26 Å². The number of β-amino-alcohol motifs (C(OH)–C–C–N with tert-alkyl or cyclic N) is 1. The standard InChI is InChI=1S/C52H63F3N6O8S/c1-31-42(70-30-58-31)33-14-12-32(13-15-33)27-57-45(65)40-24-36(62)28-61(40)46(66)43(49(2,3)4)59-41(63)29-67-22-10-9-11-23-68-37-19-16-34(17-20-37)44(64)60-47-50(5,6)48(51(47,7)8)69-38-21-18-35(26-56)39(25-38)52(53,54)55/h12-21,25,30,36,40,43,47-48,62H,9-11,22-24,27-29H2,1-8H3,(H,57,65)(H,59,63)(H,60,64). The highest BCUT2D eigenvalue weighted by Crippen LogP contribution is 2.56. The van der Waals surface area contributed by atoms with E-state index in [-0.39, 0.29) is 49.7 Å². The van der Waals surface area contributed by atoms with Gasteiger partial charge in [0.2, 0.25) is 17.7 Å². The number of amides is 4. The van der Waals surface area contributed by atoms with Gasteiger partial charge in [0.05, 0.1) is 46.0 Å². The van der Waals surface area contributed by atoms with Crippen molar-refractivity contribution in [2.24, 2.45) is 16.2 Å². The van der Waals surface area contributed by atoms with Gasteiger partial charge in [0.25, 0.3) is 5.91 Å². The van der Waals surface area contributed by atoms with Crippen molar-refractivity contribution in [1.82, 2.24) is 25.8 Å². The fraction of sp³-hybridized carbons (Fsp3) is 0.500. The Morgan fingerprint density at radius 3 is 2.21 bits per heavy atom. The number of nitriles is 1. The Morgan fingerprint density at radius 1 is 0.943 bits per heavy atom. The first-order valence-electron chi connectivity index (χ1n) is 23.4. The summed E-state index contributed by atoms with van der Waals surface area (Å²) in [6.07, 6.45) is -3.97. The lowest BCUT2D eigenvalue weighted by atomic mass is 9.49. The molecule has 1 saturated carbocycles. The molecular weight excluding hydrogens is 926 g/mol. The predicted molar refractivity (Wildman–Crippen MR) is 258 cm³/mol. The number of halogens is 3. The van der Waals surface area contributed by atoms with Gasteiger partial charge in [-0.2, -0.15) is 18.4 Å². The molecule has 3 aromatic carbocycles. The minimum atomic E-state index is -4.72. The molecule has 2 heterocycles.